The highest BCUT2D eigenvalue weighted by atomic mass is 79.9. The van der Waals surface area contributed by atoms with Gasteiger partial charge in [0, 0.05) is 7.05 Å². The smallest absolute Gasteiger partial charge is 0.102 e. The molecule has 1 heterocycles. The predicted molar refractivity (Wildman–Crippen MR) is 41.6 cm³/mol. The fourth-order valence-corrected chi connectivity index (χ4v) is 1.90. The van der Waals surface area contributed by atoms with Gasteiger partial charge in [-0.25, -0.2) is 0 Å². The lowest BCUT2D eigenvalue weighted by molar-refractivity contribution is 1.58. The fourth-order valence-electron chi connectivity index (χ4n) is 0.472. The molecule has 44 valence electrons. The molecule has 8 heavy (non-hydrogen) atoms. The number of thiophene rings is 1. The molecule has 0 saturated heterocycles. The monoisotopic (exact) mass is 191 g/mol. The average Bonchev–Trinajstić information content (AvgIpc) is 2.14. The quantitative estimate of drug-likeness (QED) is 0.720. The Balaban J connectivity index is 2.92. The molecular formula is C5H6BrNS. The van der Waals surface area contributed by atoms with E-state index in [1.54, 1.807) is 11.3 Å². The highest BCUT2D eigenvalue weighted by Gasteiger charge is 1.93. The maximum absolute atomic E-state index is 3.37. The second-order valence-corrected chi connectivity index (χ2v) is 3.12. The van der Waals surface area contributed by atoms with Crippen LogP contribution in [0.25, 0.3) is 0 Å². The highest BCUT2D eigenvalue weighted by molar-refractivity contribution is 9.10. The van der Waals surface area contributed by atoms with Crippen LogP contribution >= 0.6 is 27.3 Å². The number of anilines is 1. The summed E-state index contributed by atoms with van der Waals surface area (Å²) in [5.74, 6) is 0. The van der Waals surface area contributed by atoms with Crippen LogP contribution in [0.3, 0.4) is 0 Å². The van der Waals surface area contributed by atoms with Crippen LogP contribution in [-0.4, -0.2) is 7.05 Å². The topological polar surface area (TPSA) is 12.0 Å². The molecule has 1 aromatic heterocycles. The SMILES string of the molecule is CNc1sccc1Br. The number of hydrogen-bond donors (Lipinski definition) is 1. The van der Waals surface area contributed by atoms with Crippen molar-refractivity contribution in [1.82, 2.24) is 0 Å². The predicted octanol–water partition coefficient (Wildman–Crippen LogP) is 2.55. The Morgan fingerprint density at radius 2 is 2.50 bits per heavy atom. The second-order valence-electron chi connectivity index (χ2n) is 1.35. The summed E-state index contributed by atoms with van der Waals surface area (Å²) in [6.45, 7) is 0. The van der Waals surface area contributed by atoms with E-state index in [1.807, 2.05) is 18.5 Å². The van der Waals surface area contributed by atoms with Crippen molar-refractivity contribution >= 4 is 32.3 Å². The first-order chi connectivity index (χ1) is 3.84. The molecule has 0 aliphatic carbocycles. The third-order valence-corrected chi connectivity index (χ3v) is 2.70. The molecule has 1 N–H and O–H groups in total. The van der Waals surface area contributed by atoms with Gasteiger partial charge in [0.1, 0.15) is 5.00 Å². The molecule has 0 unspecified atom stereocenters. The van der Waals surface area contributed by atoms with Crippen LogP contribution in [0.15, 0.2) is 15.9 Å². The first kappa shape index (κ1) is 6.11. The molecule has 0 spiro atoms. The zero-order valence-corrected chi connectivity index (χ0v) is 6.84. The summed E-state index contributed by atoms with van der Waals surface area (Å²) in [6, 6.07) is 2.02. The van der Waals surface area contributed by atoms with E-state index >= 15 is 0 Å². The van der Waals surface area contributed by atoms with Gasteiger partial charge in [0.25, 0.3) is 0 Å². The van der Waals surface area contributed by atoms with Crippen LogP contribution in [-0.2, 0) is 0 Å². The zero-order chi connectivity index (χ0) is 5.98. The Morgan fingerprint density at radius 3 is 2.75 bits per heavy atom. The lowest BCUT2D eigenvalue weighted by Crippen LogP contribution is -1.81. The molecule has 0 amide bonds. The van der Waals surface area contributed by atoms with E-state index in [4.69, 9.17) is 0 Å². The van der Waals surface area contributed by atoms with Crippen molar-refractivity contribution in [3.8, 4) is 0 Å². The molecule has 0 bridgehead atoms. The summed E-state index contributed by atoms with van der Waals surface area (Å²) < 4.78 is 1.14. The third kappa shape index (κ3) is 1.03. The van der Waals surface area contributed by atoms with Crippen molar-refractivity contribution < 1.29 is 0 Å². The third-order valence-electron chi connectivity index (χ3n) is 0.844. The Labute approximate surface area is 60.9 Å². The highest BCUT2D eigenvalue weighted by Crippen LogP contribution is 2.27. The molecule has 0 saturated carbocycles. The minimum Gasteiger partial charge on any atom is -0.379 e. The summed E-state index contributed by atoms with van der Waals surface area (Å²) in [7, 11) is 1.91. The van der Waals surface area contributed by atoms with E-state index in [0.29, 0.717) is 0 Å². The molecule has 0 aliphatic heterocycles. The molecule has 0 aliphatic rings. The van der Waals surface area contributed by atoms with Gasteiger partial charge in [0.2, 0.25) is 0 Å². The van der Waals surface area contributed by atoms with E-state index in [1.165, 1.54) is 5.00 Å². The van der Waals surface area contributed by atoms with Crippen LogP contribution in [0.5, 0.6) is 0 Å². The molecule has 1 nitrogen and oxygen atoms in total. The van der Waals surface area contributed by atoms with Crippen LogP contribution in [0.1, 0.15) is 0 Å². The van der Waals surface area contributed by atoms with Crippen molar-refractivity contribution in [2.45, 2.75) is 0 Å². The first-order valence-corrected chi connectivity index (χ1v) is 3.92. The van der Waals surface area contributed by atoms with E-state index in [-0.39, 0.29) is 0 Å². The Morgan fingerprint density at radius 1 is 1.75 bits per heavy atom. The van der Waals surface area contributed by atoms with Crippen LogP contribution in [0, 0.1) is 0 Å². The van der Waals surface area contributed by atoms with E-state index in [0.717, 1.165) is 4.47 Å². The summed E-state index contributed by atoms with van der Waals surface area (Å²) in [6.07, 6.45) is 0. The zero-order valence-electron chi connectivity index (χ0n) is 4.44. The molecule has 1 aromatic rings. The standard InChI is InChI=1S/C5H6BrNS/c1-7-5-4(6)2-3-8-5/h2-3,7H,1H3. The summed E-state index contributed by atoms with van der Waals surface area (Å²) in [5, 5.41) is 6.27. The van der Waals surface area contributed by atoms with Crippen molar-refractivity contribution in [3.63, 3.8) is 0 Å². The largest absolute Gasteiger partial charge is 0.379 e. The van der Waals surface area contributed by atoms with Gasteiger partial charge in [0.05, 0.1) is 4.47 Å². The molecule has 0 fully saturated rings. The van der Waals surface area contributed by atoms with E-state index < -0.39 is 0 Å². The van der Waals surface area contributed by atoms with Crippen LogP contribution in [0.2, 0.25) is 0 Å². The fraction of sp³-hybridized carbons (Fsp3) is 0.200. The van der Waals surface area contributed by atoms with Gasteiger partial charge in [-0.2, -0.15) is 0 Å². The summed E-state index contributed by atoms with van der Waals surface area (Å²) in [5.41, 5.74) is 0. The van der Waals surface area contributed by atoms with Gasteiger partial charge in [-0.1, -0.05) is 0 Å². The number of halogens is 1. The number of nitrogens with one attached hydrogen (secondary N) is 1. The van der Waals surface area contributed by atoms with E-state index in [2.05, 4.69) is 21.2 Å². The lowest BCUT2D eigenvalue weighted by atomic mass is 10.6. The molecule has 3 heteroatoms. The minimum atomic E-state index is 1.14. The van der Waals surface area contributed by atoms with Gasteiger partial charge >= 0.3 is 0 Å². The van der Waals surface area contributed by atoms with Gasteiger partial charge < -0.3 is 5.32 Å². The normalized spacial score (nSPS) is 9.25. The van der Waals surface area contributed by atoms with Gasteiger partial charge in [-0.3, -0.25) is 0 Å². The number of rotatable bonds is 1. The summed E-state index contributed by atoms with van der Waals surface area (Å²) in [4.78, 5) is 0. The Bertz CT molecular complexity index is 173. The molecule has 0 atom stereocenters. The average molecular weight is 192 g/mol. The van der Waals surface area contributed by atoms with Gasteiger partial charge in [-0.05, 0) is 27.4 Å². The minimum absolute atomic E-state index is 1.14. The summed E-state index contributed by atoms with van der Waals surface area (Å²) >= 11 is 5.07. The first-order valence-electron chi connectivity index (χ1n) is 2.25. The van der Waals surface area contributed by atoms with Crippen molar-refractivity contribution in [2.75, 3.05) is 12.4 Å². The maximum Gasteiger partial charge on any atom is 0.102 e. The Kier molecular flexibility index (Phi) is 1.91. The van der Waals surface area contributed by atoms with Gasteiger partial charge in [0.15, 0.2) is 0 Å². The molecule has 1 rings (SSSR count). The van der Waals surface area contributed by atoms with Crippen LogP contribution in [0.4, 0.5) is 5.00 Å². The van der Waals surface area contributed by atoms with Crippen molar-refractivity contribution in [1.29, 1.82) is 0 Å². The maximum atomic E-state index is 3.37. The van der Waals surface area contributed by atoms with Crippen molar-refractivity contribution in [3.05, 3.63) is 15.9 Å². The molecule has 0 radical (unpaired) electrons. The second kappa shape index (κ2) is 2.51. The van der Waals surface area contributed by atoms with Crippen LogP contribution < -0.4 is 5.32 Å². The number of hydrogen-bond acceptors (Lipinski definition) is 2. The molecular weight excluding hydrogens is 186 g/mol. The van der Waals surface area contributed by atoms with Crippen molar-refractivity contribution in [2.24, 2.45) is 0 Å². The Hall–Kier alpha value is -0.0200. The molecule has 0 aromatic carbocycles. The van der Waals surface area contributed by atoms with E-state index in [9.17, 15) is 0 Å². The lowest BCUT2D eigenvalue weighted by Gasteiger charge is -1.90. The van der Waals surface area contributed by atoms with Gasteiger partial charge in [-0.15, -0.1) is 11.3 Å².